The molecule has 0 aliphatic rings. The van der Waals surface area contributed by atoms with Gasteiger partial charge < -0.3 is 10.2 Å². The third kappa shape index (κ3) is 5.13. The highest BCUT2D eigenvalue weighted by molar-refractivity contribution is 5.34. The van der Waals surface area contributed by atoms with Crippen LogP contribution in [0.2, 0.25) is 0 Å². The number of anilines is 1. The zero-order valence-corrected chi connectivity index (χ0v) is 11.2. The summed E-state index contributed by atoms with van der Waals surface area (Å²) in [7, 11) is 0. The smallest absolute Gasteiger partial charge is 0.129 e. The van der Waals surface area contributed by atoms with Crippen molar-refractivity contribution in [1.29, 1.82) is 0 Å². The van der Waals surface area contributed by atoms with E-state index in [2.05, 4.69) is 41.0 Å². The molecule has 0 aliphatic heterocycles. The van der Waals surface area contributed by atoms with Crippen LogP contribution in [0.15, 0.2) is 12.4 Å². The van der Waals surface area contributed by atoms with Gasteiger partial charge in [-0.1, -0.05) is 20.8 Å². The number of nitrogens with zero attached hydrogens (tertiary/aromatic N) is 3. The van der Waals surface area contributed by atoms with Crippen LogP contribution in [0.25, 0.3) is 0 Å². The van der Waals surface area contributed by atoms with Crippen LogP contribution >= 0.6 is 0 Å². The van der Waals surface area contributed by atoms with Crippen molar-refractivity contribution >= 4 is 5.82 Å². The lowest BCUT2D eigenvalue weighted by Crippen LogP contribution is -2.29. The number of likely N-dealkylation sites (N-methyl/N-ethyl adjacent to an activating group) is 1. The highest BCUT2D eigenvalue weighted by Crippen LogP contribution is 2.03. The molecule has 0 aliphatic carbocycles. The van der Waals surface area contributed by atoms with Gasteiger partial charge in [0.25, 0.3) is 0 Å². The van der Waals surface area contributed by atoms with Crippen LogP contribution in [0, 0.1) is 0 Å². The standard InChI is InChI=1S/C13H24N4/c1-4-8-17(6-3)9-7-14-13-10-12(5-2)15-11-16-13/h10-11H,4-9H2,1-3H3,(H,14,15,16). The summed E-state index contributed by atoms with van der Waals surface area (Å²) >= 11 is 0. The molecule has 1 heterocycles. The van der Waals surface area contributed by atoms with Crippen LogP contribution in [0.4, 0.5) is 5.82 Å². The summed E-state index contributed by atoms with van der Waals surface area (Å²) in [5.41, 5.74) is 1.09. The fourth-order valence-electron chi connectivity index (χ4n) is 1.77. The molecule has 1 aromatic rings. The second-order valence-corrected chi connectivity index (χ2v) is 4.11. The minimum absolute atomic E-state index is 0.935. The van der Waals surface area contributed by atoms with Gasteiger partial charge in [-0.05, 0) is 25.9 Å². The lowest BCUT2D eigenvalue weighted by Gasteiger charge is -2.19. The number of aryl methyl sites for hydroxylation is 1. The molecular formula is C13H24N4. The van der Waals surface area contributed by atoms with Gasteiger partial charge in [-0.3, -0.25) is 0 Å². The van der Waals surface area contributed by atoms with E-state index in [-0.39, 0.29) is 0 Å². The summed E-state index contributed by atoms with van der Waals surface area (Å²) in [4.78, 5) is 10.8. The average molecular weight is 236 g/mol. The second kappa shape index (κ2) is 8.01. The lowest BCUT2D eigenvalue weighted by atomic mass is 10.3. The number of nitrogens with one attached hydrogen (secondary N) is 1. The minimum atomic E-state index is 0.935. The van der Waals surface area contributed by atoms with Gasteiger partial charge in [0.2, 0.25) is 0 Å². The van der Waals surface area contributed by atoms with Gasteiger partial charge in [0.1, 0.15) is 12.1 Å². The molecule has 96 valence electrons. The van der Waals surface area contributed by atoms with Crippen molar-refractivity contribution < 1.29 is 0 Å². The normalized spacial score (nSPS) is 10.8. The number of hydrogen-bond donors (Lipinski definition) is 1. The van der Waals surface area contributed by atoms with Crippen molar-refractivity contribution in [3.8, 4) is 0 Å². The van der Waals surface area contributed by atoms with Crippen molar-refractivity contribution in [2.45, 2.75) is 33.6 Å². The zero-order valence-electron chi connectivity index (χ0n) is 11.2. The number of rotatable bonds is 8. The van der Waals surface area contributed by atoms with E-state index in [4.69, 9.17) is 0 Å². The van der Waals surface area contributed by atoms with Crippen LogP contribution in [0.1, 0.15) is 32.9 Å². The predicted molar refractivity (Wildman–Crippen MR) is 72.3 cm³/mol. The van der Waals surface area contributed by atoms with Gasteiger partial charge in [0.05, 0.1) is 0 Å². The Morgan fingerprint density at radius 2 is 2.00 bits per heavy atom. The fourth-order valence-corrected chi connectivity index (χ4v) is 1.77. The summed E-state index contributed by atoms with van der Waals surface area (Å²) in [6.45, 7) is 10.8. The summed E-state index contributed by atoms with van der Waals surface area (Å²) in [6.07, 6.45) is 3.79. The topological polar surface area (TPSA) is 41.0 Å². The Morgan fingerprint density at radius 3 is 2.65 bits per heavy atom. The molecule has 0 aromatic carbocycles. The van der Waals surface area contributed by atoms with Gasteiger partial charge in [-0.2, -0.15) is 0 Å². The van der Waals surface area contributed by atoms with Crippen LogP contribution in [0.5, 0.6) is 0 Å². The predicted octanol–water partition coefficient (Wildman–Crippen LogP) is 2.18. The average Bonchev–Trinajstić information content (AvgIpc) is 2.38. The molecule has 0 spiro atoms. The molecule has 1 N–H and O–H groups in total. The highest BCUT2D eigenvalue weighted by atomic mass is 15.1. The quantitative estimate of drug-likeness (QED) is 0.751. The van der Waals surface area contributed by atoms with Crippen molar-refractivity contribution in [2.75, 3.05) is 31.5 Å². The summed E-state index contributed by atoms with van der Waals surface area (Å²) in [6, 6.07) is 2.02. The first-order valence-electron chi connectivity index (χ1n) is 6.57. The van der Waals surface area contributed by atoms with Crippen LogP contribution < -0.4 is 5.32 Å². The molecule has 0 atom stereocenters. The molecule has 1 aromatic heterocycles. The molecule has 0 fully saturated rings. The Hall–Kier alpha value is -1.16. The third-order valence-electron chi connectivity index (χ3n) is 2.81. The van der Waals surface area contributed by atoms with Gasteiger partial charge in [-0.25, -0.2) is 9.97 Å². The van der Waals surface area contributed by atoms with Crippen LogP contribution in [-0.2, 0) is 6.42 Å². The van der Waals surface area contributed by atoms with E-state index >= 15 is 0 Å². The van der Waals surface area contributed by atoms with Crippen molar-refractivity contribution in [1.82, 2.24) is 14.9 Å². The van der Waals surface area contributed by atoms with Gasteiger partial charge >= 0.3 is 0 Å². The van der Waals surface area contributed by atoms with Crippen LogP contribution in [-0.4, -0.2) is 41.0 Å². The van der Waals surface area contributed by atoms with Crippen molar-refractivity contribution in [3.63, 3.8) is 0 Å². The molecular weight excluding hydrogens is 212 g/mol. The molecule has 0 bridgehead atoms. The Bertz CT molecular complexity index is 314. The molecule has 1 rings (SSSR count). The van der Waals surface area contributed by atoms with E-state index in [1.807, 2.05) is 6.07 Å². The zero-order chi connectivity index (χ0) is 12.5. The van der Waals surface area contributed by atoms with Gasteiger partial charge in [0, 0.05) is 24.8 Å². The maximum Gasteiger partial charge on any atom is 0.129 e. The Balaban J connectivity index is 2.34. The van der Waals surface area contributed by atoms with Gasteiger partial charge in [-0.15, -0.1) is 0 Å². The molecule has 17 heavy (non-hydrogen) atoms. The van der Waals surface area contributed by atoms with E-state index in [1.54, 1.807) is 6.33 Å². The molecule has 0 saturated carbocycles. The van der Waals surface area contributed by atoms with E-state index in [9.17, 15) is 0 Å². The molecule has 0 unspecified atom stereocenters. The monoisotopic (exact) mass is 236 g/mol. The van der Waals surface area contributed by atoms with E-state index in [1.165, 1.54) is 13.0 Å². The Labute approximate surface area is 104 Å². The largest absolute Gasteiger partial charge is 0.369 e. The van der Waals surface area contributed by atoms with Gasteiger partial charge in [0.15, 0.2) is 0 Å². The summed E-state index contributed by atoms with van der Waals surface area (Å²) in [5.74, 6) is 0.935. The summed E-state index contributed by atoms with van der Waals surface area (Å²) in [5, 5.41) is 3.35. The first-order valence-corrected chi connectivity index (χ1v) is 6.57. The number of hydrogen-bond acceptors (Lipinski definition) is 4. The third-order valence-corrected chi connectivity index (χ3v) is 2.81. The first kappa shape index (κ1) is 13.9. The maximum absolute atomic E-state index is 4.22. The minimum Gasteiger partial charge on any atom is -0.369 e. The Morgan fingerprint density at radius 1 is 1.18 bits per heavy atom. The Kier molecular flexibility index (Phi) is 6.55. The lowest BCUT2D eigenvalue weighted by molar-refractivity contribution is 0.300. The number of aromatic nitrogens is 2. The highest BCUT2D eigenvalue weighted by Gasteiger charge is 2.01. The molecule has 4 nitrogen and oxygen atoms in total. The van der Waals surface area contributed by atoms with E-state index in [0.717, 1.165) is 37.6 Å². The molecule has 0 radical (unpaired) electrons. The second-order valence-electron chi connectivity index (χ2n) is 4.11. The molecule has 0 saturated heterocycles. The van der Waals surface area contributed by atoms with Crippen molar-refractivity contribution in [2.24, 2.45) is 0 Å². The van der Waals surface area contributed by atoms with E-state index < -0.39 is 0 Å². The van der Waals surface area contributed by atoms with Crippen LogP contribution in [0.3, 0.4) is 0 Å². The fraction of sp³-hybridized carbons (Fsp3) is 0.692. The van der Waals surface area contributed by atoms with E-state index in [0.29, 0.717) is 0 Å². The maximum atomic E-state index is 4.22. The summed E-state index contributed by atoms with van der Waals surface area (Å²) < 4.78 is 0. The molecule has 0 amide bonds. The SMILES string of the molecule is CCCN(CC)CCNc1cc(CC)ncn1. The van der Waals surface area contributed by atoms with Crippen molar-refractivity contribution in [3.05, 3.63) is 18.1 Å². The molecule has 4 heteroatoms. The first-order chi connectivity index (χ1) is 8.30.